The van der Waals surface area contributed by atoms with Gasteiger partial charge in [0.25, 0.3) is 0 Å². The smallest absolute Gasteiger partial charge is 0.408 e. The molecule has 1 amide bonds. The van der Waals surface area contributed by atoms with E-state index in [1.165, 1.54) is 77.0 Å². The molecule has 43 heavy (non-hydrogen) atoms. The summed E-state index contributed by atoms with van der Waals surface area (Å²) in [6.45, 7) is 11.4. The first-order chi connectivity index (χ1) is 20.5. The molecule has 0 saturated heterocycles. The highest BCUT2D eigenvalue weighted by atomic mass is 16.6. The second-order valence-electron chi connectivity index (χ2n) is 13.6. The van der Waals surface area contributed by atoms with E-state index in [2.05, 4.69) is 24.1 Å². The maximum Gasteiger partial charge on any atom is 0.408 e. The number of carboxylic acids is 1. The van der Waals surface area contributed by atoms with Gasteiger partial charge in [-0.05, 0) is 59.4 Å². The third-order valence-electron chi connectivity index (χ3n) is 7.93. The average molecular weight is 615 g/mol. The molecule has 0 unspecified atom stereocenters. The lowest BCUT2D eigenvalue weighted by Crippen LogP contribution is -2.43. The van der Waals surface area contributed by atoms with Gasteiger partial charge in [0.1, 0.15) is 11.6 Å². The Kier molecular flexibility index (Phi) is 26.1. The largest absolute Gasteiger partial charge is 0.480 e. The normalized spacial score (nSPS) is 14.0. The molecule has 0 aromatic heterocycles. The molecule has 0 radical (unpaired) electrons. The number of carbonyl (C=O) groups is 2. The van der Waals surface area contributed by atoms with Crippen molar-refractivity contribution in [2.45, 2.75) is 193 Å². The summed E-state index contributed by atoms with van der Waals surface area (Å²) in [6, 6.07) is -1.01. The third-order valence-corrected chi connectivity index (χ3v) is 7.93. The molecule has 0 aromatic carbocycles. The maximum absolute atomic E-state index is 12.1. The quantitative estimate of drug-likeness (QED) is 0.0627. The molecule has 0 aliphatic heterocycles. The van der Waals surface area contributed by atoms with E-state index in [1.807, 2.05) is 0 Å². The minimum atomic E-state index is -1.08. The Morgan fingerprint density at radius 3 is 1.44 bits per heavy atom. The monoisotopic (exact) mass is 615 g/mol. The van der Waals surface area contributed by atoms with Crippen LogP contribution in [0, 0.1) is 0 Å². The van der Waals surface area contributed by atoms with Crippen LogP contribution in [0.3, 0.4) is 0 Å². The Morgan fingerprint density at radius 1 is 0.651 bits per heavy atom. The van der Waals surface area contributed by atoms with E-state index in [9.17, 15) is 24.9 Å². The number of nitrogens with zero attached hydrogens (tertiary/aromatic N) is 1. The van der Waals surface area contributed by atoms with Crippen LogP contribution in [0.1, 0.15) is 169 Å². The van der Waals surface area contributed by atoms with E-state index in [0.717, 1.165) is 44.9 Å². The van der Waals surface area contributed by atoms with Crippen LogP contribution in [-0.4, -0.2) is 75.8 Å². The van der Waals surface area contributed by atoms with Crippen molar-refractivity contribution < 1.29 is 29.6 Å². The van der Waals surface area contributed by atoms with Crippen LogP contribution in [0.25, 0.3) is 0 Å². The second-order valence-corrected chi connectivity index (χ2v) is 13.6. The number of nitrogens with one attached hydrogen (secondary N) is 1. The number of carboxylic acid groups (broad SMARTS) is 1. The number of aliphatic carboxylic acids is 1. The van der Waals surface area contributed by atoms with Gasteiger partial charge in [-0.25, -0.2) is 9.59 Å². The van der Waals surface area contributed by atoms with Crippen LogP contribution in [-0.2, 0) is 9.53 Å². The topological polar surface area (TPSA) is 119 Å². The fourth-order valence-corrected chi connectivity index (χ4v) is 5.45. The molecule has 256 valence electrons. The van der Waals surface area contributed by atoms with Crippen LogP contribution in [0.15, 0.2) is 0 Å². The molecular weight excluding hydrogens is 544 g/mol. The van der Waals surface area contributed by atoms with Gasteiger partial charge in [-0.2, -0.15) is 0 Å². The highest BCUT2D eigenvalue weighted by molar-refractivity contribution is 5.79. The van der Waals surface area contributed by atoms with Gasteiger partial charge in [0.15, 0.2) is 0 Å². The van der Waals surface area contributed by atoms with Crippen molar-refractivity contribution >= 4 is 12.1 Å². The number of ether oxygens (including phenoxy) is 1. The van der Waals surface area contributed by atoms with Gasteiger partial charge in [0.2, 0.25) is 0 Å². The summed E-state index contributed by atoms with van der Waals surface area (Å²) >= 11 is 0. The standard InChI is InChI=1S/C35H70N2O6/c1-6-8-10-12-14-16-18-20-24-30(38)28-37(29-31(39)25-21-19-17-15-13-11-9-7-2)27-23-22-26-32(33(40)41)36-34(42)43-35(3,4)5/h30-32,38-39H,6-29H2,1-5H3,(H,36,42)(H,40,41)/t30-,31-,32+/m0/s1. The molecule has 0 bridgehead atoms. The highest BCUT2D eigenvalue weighted by Gasteiger charge is 2.24. The Labute approximate surface area is 264 Å². The van der Waals surface area contributed by atoms with E-state index < -0.39 is 35.9 Å². The van der Waals surface area contributed by atoms with Crippen molar-refractivity contribution in [1.82, 2.24) is 10.2 Å². The first-order valence-electron chi connectivity index (χ1n) is 17.8. The summed E-state index contributed by atoms with van der Waals surface area (Å²) in [5, 5.41) is 33.6. The second kappa shape index (κ2) is 27.0. The first-order valence-corrected chi connectivity index (χ1v) is 17.8. The summed E-state index contributed by atoms with van der Waals surface area (Å²) in [6.07, 6.45) is 21.3. The third kappa shape index (κ3) is 27.9. The highest BCUT2D eigenvalue weighted by Crippen LogP contribution is 2.15. The number of rotatable bonds is 29. The summed E-state index contributed by atoms with van der Waals surface area (Å²) < 4.78 is 5.21. The molecule has 0 aliphatic carbocycles. The Bertz CT molecular complexity index is 641. The molecule has 3 atom stereocenters. The molecule has 4 N–H and O–H groups in total. The number of hydrogen-bond acceptors (Lipinski definition) is 6. The number of aliphatic hydroxyl groups excluding tert-OH is 2. The zero-order valence-corrected chi connectivity index (χ0v) is 28.7. The van der Waals surface area contributed by atoms with Gasteiger partial charge in [-0.1, -0.05) is 117 Å². The number of unbranched alkanes of at least 4 members (excludes halogenated alkanes) is 15. The van der Waals surface area contributed by atoms with Crippen LogP contribution in [0.2, 0.25) is 0 Å². The fourth-order valence-electron chi connectivity index (χ4n) is 5.45. The number of alkyl carbamates (subject to hydrolysis) is 1. The van der Waals surface area contributed by atoms with Gasteiger partial charge in [0, 0.05) is 13.1 Å². The number of aliphatic hydroxyl groups is 2. The minimum absolute atomic E-state index is 0.296. The van der Waals surface area contributed by atoms with E-state index in [4.69, 9.17) is 4.74 Å². The number of amides is 1. The zero-order chi connectivity index (χ0) is 32.3. The van der Waals surface area contributed by atoms with Crippen LogP contribution < -0.4 is 5.32 Å². The SMILES string of the molecule is CCCCCCCCCC[C@H](O)CN(CCCC[C@@H](NC(=O)OC(C)(C)C)C(=O)O)C[C@@H](O)CCCCCCCCCC. The number of hydrogen-bond donors (Lipinski definition) is 4. The molecule has 0 heterocycles. The fraction of sp³-hybridized carbons (Fsp3) is 0.943. The van der Waals surface area contributed by atoms with Crippen molar-refractivity contribution in [2.24, 2.45) is 0 Å². The zero-order valence-electron chi connectivity index (χ0n) is 28.7. The molecule has 0 spiro atoms. The Balaban J connectivity index is 4.67. The summed E-state index contributed by atoms with van der Waals surface area (Å²) in [7, 11) is 0. The molecule has 0 fully saturated rings. The predicted molar refractivity (Wildman–Crippen MR) is 178 cm³/mol. The van der Waals surface area contributed by atoms with Gasteiger partial charge in [-0.3, -0.25) is 4.90 Å². The first kappa shape index (κ1) is 41.6. The van der Waals surface area contributed by atoms with Crippen molar-refractivity contribution in [3.8, 4) is 0 Å². The molecule has 0 saturated carbocycles. The van der Waals surface area contributed by atoms with Crippen molar-refractivity contribution in [2.75, 3.05) is 19.6 Å². The van der Waals surface area contributed by atoms with Crippen molar-refractivity contribution in [3.05, 3.63) is 0 Å². The summed E-state index contributed by atoms with van der Waals surface area (Å²) in [5.74, 6) is -1.08. The van der Waals surface area contributed by atoms with Crippen LogP contribution >= 0.6 is 0 Å². The van der Waals surface area contributed by atoms with Crippen LogP contribution in [0.4, 0.5) is 4.79 Å². The van der Waals surface area contributed by atoms with E-state index >= 15 is 0 Å². The number of carbonyl (C=O) groups excluding carboxylic acids is 1. The van der Waals surface area contributed by atoms with Gasteiger partial charge >= 0.3 is 12.1 Å². The summed E-state index contributed by atoms with van der Waals surface area (Å²) in [5.41, 5.74) is -0.696. The van der Waals surface area contributed by atoms with Crippen molar-refractivity contribution in [3.63, 3.8) is 0 Å². The summed E-state index contributed by atoms with van der Waals surface area (Å²) in [4.78, 5) is 25.9. The Morgan fingerprint density at radius 2 is 1.05 bits per heavy atom. The predicted octanol–water partition coefficient (Wildman–Crippen LogP) is 8.22. The molecule has 0 aromatic rings. The lowest BCUT2D eigenvalue weighted by atomic mass is 10.0. The lowest BCUT2D eigenvalue weighted by molar-refractivity contribution is -0.139. The molecule has 0 rings (SSSR count). The van der Waals surface area contributed by atoms with Gasteiger partial charge in [0.05, 0.1) is 12.2 Å². The molecule has 8 nitrogen and oxygen atoms in total. The molecule has 8 heteroatoms. The Hall–Kier alpha value is -1.38. The minimum Gasteiger partial charge on any atom is -0.480 e. The maximum atomic E-state index is 12.1. The molecule has 0 aliphatic rings. The average Bonchev–Trinajstić information content (AvgIpc) is 2.92. The van der Waals surface area contributed by atoms with Gasteiger partial charge < -0.3 is 25.4 Å². The van der Waals surface area contributed by atoms with Crippen LogP contribution in [0.5, 0.6) is 0 Å². The van der Waals surface area contributed by atoms with E-state index in [1.54, 1.807) is 20.8 Å². The van der Waals surface area contributed by atoms with E-state index in [-0.39, 0.29) is 0 Å². The van der Waals surface area contributed by atoms with Gasteiger partial charge in [-0.15, -0.1) is 0 Å². The molecular formula is C35H70N2O6. The lowest BCUT2D eigenvalue weighted by Gasteiger charge is -2.28. The van der Waals surface area contributed by atoms with Crippen molar-refractivity contribution in [1.29, 1.82) is 0 Å². The van der Waals surface area contributed by atoms with E-state index in [0.29, 0.717) is 32.5 Å².